The van der Waals surface area contributed by atoms with Crippen LogP contribution in [0, 0.1) is 0 Å². The van der Waals surface area contributed by atoms with E-state index in [0.717, 1.165) is 19.3 Å². The summed E-state index contributed by atoms with van der Waals surface area (Å²) >= 11 is 0. The van der Waals surface area contributed by atoms with E-state index in [4.69, 9.17) is 4.55 Å². The molecule has 4 nitrogen and oxygen atoms in total. The van der Waals surface area contributed by atoms with Crippen LogP contribution in [0.1, 0.15) is 45.4 Å². The van der Waals surface area contributed by atoms with Gasteiger partial charge in [0.15, 0.2) is 0 Å². The average Bonchev–Trinajstić information content (AvgIpc) is 2.13. The molecule has 0 heterocycles. The zero-order chi connectivity index (χ0) is 12.6. The van der Waals surface area contributed by atoms with E-state index in [9.17, 15) is 8.42 Å². The first-order valence-corrected chi connectivity index (χ1v) is 8.52. The average molecular weight is 269 g/mol. The molecular formula is C10H23NO3S2. The SMILES string of the molecule is CCCCCCCC(SS(=O)(=O)O)N(C)C. The van der Waals surface area contributed by atoms with Crippen LogP contribution in [0.25, 0.3) is 0 Å². The molecule has 1 N–H and O–H groups in total. The van der Waals surface area contributed by atoms with E-state index in [1.165, 1.54) is 19.3 Å². The second-order valence-corrected chi connectivity index (χ2v) is 7.58. The van der Waals surface area contributed by atoms with Gasteiger partial charge in [-0.2, -0.15) is 8.42 Å². The van der Waals surface area contributed by atoms with E-state index in [2.05, 4.69) is 6.92 Å². The molecule has 98 valence electrons. The number of hydrogen-bond donors (Lipinski definition) is 1. The molecular weight excluding hydrogens is 246 g/mol. The maximum atomic E-state index is 10.8. The third-order valence-corrected chi connectivity index (χ3v) is 4.88. The molecule has 1 unspecified atom stereocenters. The smallest absolute Gasteiger partial charge is 0.297 e. The van der Waals surface area contributed by atoms with Gasteiger partial charge in [0, 0.05) is 10.8 Å². The lowest BCUT2D eigenvalue weighted by Gasteiger charge is -2.21. The van der Waals surface area contributed by atoms with Crippen molar-refractivity contribution in [1.82, 2.24) is 4.90 Å². The highest BCUT2D eigenvalue weighted by molar-refractivity contribution is 8.70. The second-order valence-electron chi connectivity index (χ2n) is 4.15. The van der Waals surface area contributed by atoms with Crippen molar-refractivity contribution in [3.8, 4) is 0 Å². The predicted octanol–water partition coefficient (Wildman–Crippen LogP) is 2.77. The van der Waals surface area contributed by atoms with Crippen molar-refractivity contribution in [2.75, 3.05) is 14.1 Å². The Morgan fingerprint density at radius 3 is 2.19 bits per heavy atom. The van der Waals surface area contributed by atoms with Crippen molar-refractivity contribution >= 4 is 19.9 Å². The van der Waals surface area contributed by atoms with E-state index in [0.29, 0.717) is 10.8 Å². The molecule has 16 heavy (non-hydrogen) atoms. The van der Waals surface area contributed by atoms with Gasteiger partial charge >= 0.3 is 9.15 Å². The summed E-state index contributed by atoms with van der Waals surface area (Å²) in [5.74, 6) is 0. The fourth-order valence-corrected chi connectivity index (χ4v) is 3.82. The first-order valence-electron chi connectivity index (χ1n) is 5.69. The molecule has 0 aromatic carbocycles. The van der Waals surface area contributed by atoms with Crippen LogP contribution in [0.2, 0.25) is 0 Å². The second kappa shape index (κ2) is 8.33. The standard InChI is InChI=1S/C10H23NO3S2/c1-4-5-6-7-8-9-10(11(2)3)15-16(12,13)14/h10H,4-9H2,1-3H3,(H,12,13,14). The summed E-state index contributed by atoms with van der Waals surface area (Å²) in [6.07, 6.45) is 6.57. The molecule has 0 aliphatic rings. The minimum atomic E-state index is -3.94. The number of nitrogens with zero attached hydrogens (tertiary/aromatic N) is 1. The first kappa shape index (κ1) is 16.2. The third kappa shape index (κ3) is 9.45. The van der Waals surface area contributed by atoms with Gasteiger partial charge in [0.05, 0.1) is 5.37 Å². The van der Waals surface area contributed by atoms with Crippen molar-refractivity contribution in [2.45, 2.75) is 50.8 Å². The Morgan fingerprint density at radius 2 is 1.75 bits per heavy atom. The quantitative estimate of drug-likeness (QED) is 0.302. The summed E-state index contributed by atoms with van der Waals surface area (Å²) in [5, 5.41) is -0.156. The fourth-order valence-electron chi connectivity index (χ4n) is 1.46. The molecule has 0 bridgehead atoms. The maximum Gasteiger partial charge on any atom is 0.321 e. The molecule has 0 amide bonds. The minimum absolute atomic E-state index is 0.156. The summed E-state index contributed by atoms with van der Waals surface area (Å²) in [6, 6.07) is 0. The zero-order valence-electron chi connectivity index (χ0n) is 10.3. The van der Waals surface area contributed by atoms with Gasteiger partial charge in [-0.05, 0) is 20.5 Å². The molecule has 0 aliphatic carbocycles. The minimum Gasteiger partial charge on any atom is -0.297 e. The molecule has 0 aliphatic heterocycles. The molecule has 0 saturated carbocycles. The highest BCUT2D eigenvalue weighted by Gasteiger charge is 2.19. The Kier molecular flexibility index (Phi) is 8.45. The summed E-state index contributed by atoms with van der Waals surface area (Å²) in [4.78, 5) is 1.83. The summed E-state index contributed by atoms with van der Waals surface area (Å²) in [7, 11) is 0.343. The van der Waals surface area contributed by atoms with Crippen LogP contribution in [0.5, 0.6) is 0 Å². The maximum absolute atomic E-state index is 10.8. The van der Waals surface area contributed by atoms with Gasteiger partial charge in [0.2, 0.25) is 0 Å². The number of hydrogen-bond acceptors (Lipinski definition) is 4. The zero-order valence-corrected chi connectivity index (χ0v) is 12.0. The largest absolute Gasteiger partial charge is 0.321 e. The van der Waals surface area contributed by atoms with Gasteiger partial charge in [0.1, 0.15) is 0 Å². The fraction of sp³-hybridized carbons (Fsp3) is 1.00. The Balaban J connectivity index is 3.87. The number of rotatable bonds is 9. The highest BCUT2D eigenvalue weighted by atomic mass is 33.1. The monoisotopic (exact) mass is 269 g/mol. The highest BCUT2D eigenvalue weighted by Crippen LogP contribution is 2.24. The van der Waals surface area contributed by atoms with Gasteiger partial charge in [-0.15, -0.1) is 0 Å². The van der Waals surface area contributed by atoms with Crippen molar-refractivity contribution in [3.05, 3.63) is 0 Å². The van der Waals surface area contributed by atoms with Gasteiger partial charge in [0.25, 0.3) is 0 Å². The van der Waals surface area contributed by atoms with Crippen molar-refractivity contribution in [3.63, 3.8) is 0 Å². The third-order valence-electron chi connectivity index (χ3n) is 2.36. The number of unbranched alkanes of at least 4 members (excludes halogenated alkanes) is 4. The Hall–Kier alpha value is 0.220. The Labute approximate surface area is 103 Å². The summed E-state index contributed by atoms with van der Waals surface area (Å²) in [5.41, 5.74) is 0. The van der Waals surface area contributed by atoms with Crippen LogP contribution >= 0.6 is 10.8 Å². The normalized spacial score (nSPS) is 14.3. The molecule has 0 radical (unpaired) electrons. The molecule has 0 fully saturated rings. The van der Waals surface area contributed by atoms with Gasteiger partial charge in [-0.3, -0.25) is 9.45 Å². The Morgan fingerprint density at radius 1 is 1.19 bits per heavy atom. The Bertz CT molecular complexity index is 265. The molecule has 0 aromatic heterocycles. The van der Waals surface area contributed by atoms with Crippen LogP contribution in [0.3, 0.4) is 0 Å². The lowest BCUT2D eigenvalue weighted by Crippen LogP contribution is -2.26. The lowest BCUT2D eigenvalue weighted by molar-refractivity contribution is 0.358. The van der Waals surface area contributed by atoms with E-state index in [1.807, 2.05) is 19.0 Å². The molecule has 1 atom stereocenters. The summed E-state index contributed by atoms with van der Waals surface area (Å²) < 4.78 is 30.3. The topological polar surface area (TPSA) is 57.6 Å². The van der Waals surface area contributed by atoms with Crippen molar-refractivity contribution < 1.29 is 13.0 Å². The van der Waals surface area contributed by atoms with Crippen LogP contribution in [0.4, 0.5) is 0 Å². The van der Waals surface area contributed by atoms with Gasteiger partial charge in [-0.1, -0.05) is 39.0 Å². The van der Waals surface area contributed by atoms with Crippen molar-refractivity contribution in [1.29, 1.82) is 0 Å². The van der Waals surface area contributed by atoms with E-state index in [-0.39, 0.29) is 5.37 Å². The van der Waals surface area contributed by atoms with Crippen LogP contribution < -0.4 is 0 Å². The van der Waals surface area contributed by atoms with E-state index >= 15 is 0 Å². The molecule has 0 aromatic rings. The molecule has 6 heteroatoms. The lowest BCUT2D eigenvalue weighted by atomic mass is 10.1. The van der Waals surface area contributed by atoms with Crippen LogP contribution in [-0.4, -0.2) is 37.3 Å². The van der Waals surface area contributed by atoms with E-state index < -0.39 is 9.15 Å². The van der Waals surface area contributed by atoms with Crippen LogP contribution in [-0.2, 0) is 9.15 Å². The van der Waals surface area contributed by atoms with E-state index in [1.54, 1.807) is 0 Å². The van der Waals surface area contributed by atoms with Crippen LogP contribution in [0.15, 0.2) is 0 Å². The predicted molar refractivity (Wildman–Crippen MR) is 70.0 cm³/mol. The van der Waals surface area contributed by atoms with Gasteiger partial charge < -0.3 is 0 Å². The summed E-state index contributed by atoms with van der Waals surface area (Å²) in [6.45, 7) is 2.16. The van der Waals surface area contributed by atoms with Crippen molar-refractivity contribution in [2.24, 2.45) is 0 Å². The molecule has 0 saturated heterocycles. The molecule has 0 rings (SSSR count). The molecule has 0 spiro atoms. The first-order chi connectivity index (χ1) is 7.37. The van der Waals surface area contributed by atoms with Gasteiger partial charge in [-0.25, -0.2) is 0 Å².